The molecule has 0 radical (unpaired) electrons. The van der Waals surface area contributed by atoms with E-state index >= 15 is 0 Å². The Balaban J connectivity index is 2.06. The summed E-state index contributed by atoms with van der Waals surface area (Å²) in [5.41, 5.74) is 3.15. The Kier molecular flexibility index (Phi) is 5.79. The Morgan fingerprint density at radius 1 is 1.29 bits per heavy atom. The minimum Gasteiger partial charge on any atom is -0.489 e. The highest BCUT2D eigenvalue weighted by Gasteiger charge is 2.11. The van der Waals surface area contributed by atoms with E-state index in [4.69, 9.17) is 4.74 Å². The van der Waals surface area contributed by atoms with Gasteiger partial charge in [0.1, 0.15) is 12.4 Å². The monoisotopic (exact) mass is 325 g/mol. The van der Waals surface area contributed by atoms with Gasteiger partial charge in [0.05, 0.1) is 16.7 Å². The van der Waals surface area contributed by atoms with Gasteiger partial charge in [-0.1, -0.05) is 36.9 Å². The van der Waals surface area contributed by atoms with Gasteiger partial charge in [0.25, 0.3) is 11.6 Å². The van der Waals surface area contributed by atoms with Gasteiger partial charge < -0.3 is 4.74 Å². The van der Waals surface area contributed by atoms with E-state index in [1.165, 1.54) is 18.3 Å². The lowest BCUT2D eigenvalue weighted by Crippen LogP contribution is -2.18. The van der Waals surface area contributed by atoms with Crippen LogP contribution in [0.4, 0.5) is 5.69 Å². The van der Waals surface area contributed by atoms with Crippen molar-refractivity contribution < 1.29 is 14.5 Å². The van der Waals surface area contributed by atoms with E-state index in [0.717, 1.165) is 0 Å². The van der Waals surface area contributed by atoms with Crippen LogP contribution < -0.4 is 10.2 Å². The summed E-state index contributed by atoms with van der Waals surface area (Å²) in [5, 5.41) is 14.5. The molecule has 2 rings (SSSR count). The average Bonchev–Trinajstić information content (AvgIpc) is 2.60. The maximum Gasteiger partial charge on any atom is 0.275 e. The van der Waals surface area contributed by atoms with Crippen molar-refractivity contribution in [2.45, 2.75) is 0 Å². The summed E-state index contributed by atoms with van der Waals surface area (Å²) in [5.74, 6) is -0.0307. The van der Waals surface area contributed by atoms with Gasteiger partial charge in [-0.05, 0) is 12.1 Å². The molecule has 0 saturated heterocycles. The molecule has 1 N–H and O–H groups in total. The van der Waals surface area contributed by atoms with Crippen molar-refractivity contribution in [1.29, 1.82) is 0 Å². The van der Waals surface area contributed by atoms with Crippen molar-refractivity contribution in [1.82, 2.24) is 5.43 Å². The minimum absolute atomic E-state index is 0.0477. The van der Waals surface area contributed by atoms with Crippen LogP contribution in [0.15, 0.2) is 66.3 Å². The number of ether oxygens (including phenoxy) is 1. The first kappa shape index (κ1) is 16.9. The number of carbonyl (C=O) groups is 1. The second kappa shape index (κ2) is 8.23. The van der Waals surface area contributed by atoms with E-state index in [9.17, 15) is 14.9 Å². The summed E-state index contributed by atoms with van der Waals surface area (Å²) in [4.78, 5) is 22.4. The number of nitro groups is 1. The van der Waals surface area contributed by atoms with Crippen molar-refractivity contribution >= 4 is 17.8 Å². The molecule has 7 nitrogen and oxygen atoms in total. The SMILES string of the molecule is C=CCOc1ccccc1C(=O)NN=Cc1cccc([N+](=O)[O-])c1. The summed E-state index contributed by atoms with van der Waals surface area (Å²) in [6.45, 7) is 3.83. The van der Waals surface area contributed by atoms with Crippen LogP contribution in [0.5, 0.6) is 5.75 Å². The molecule has 1 amide bonds. The number of non-ortho nitro benzene ring substituents is 1. The largest absolute Gasteiger partial charge is 0.489 e. The predicted octanol–water partition coefficient (Wildman–Crippen LogP) is 2.92. The van der Waals surface area contributed by atoms with Crippen LogP contribution in [-0.2, 0) is 0 Å². The number of para-hydroxylation sites is 1. The first-order chi connectivity index (χ1) is 11.6. The normalized spacial score (nSPS) is 10.3. The topological polar surface area (TPSA) is 93.8 Å². The fourth-order valence-corrected chi connectivity index (χ4v) is 1.87. The number of rotatable bonds is 7. The highest BCUT2D eigenvalue weighted by Crippen LogP contribution is 2.17. The van der Waals surface area contributed by atoms with E-state index < -0.39 is 10.8 Å². The zero-order valence-corrected chi connectivity index (χ0v) is 12.7. The molecule has 122 valence electrons. The van der Waals surface area contributed by atoms with Gasteiger partial charge in [0, 0.05) is 17.7 Å². The second-order valence-electron chi connectivity index (χ2n) is 4.65. The quantitative estimate of drug-likeness (QED) is 0.366. The smallest absolute Gasteiger partial charge is 0.275 e. The zero-order valence-electron chi connectivity index (χ0n) is 12.7. The highest BCUT2D eigenvalue weighted by molar-refractivity contribution is 5.97. The number of hydrazone groups is 1. The molecule has 7 heteroatoms. The van der Waals surface area contributed by atoms with Gasteiger partial charge >= 0.3 is 0 Å². The average molecular weight is 325 g/mol. The van der Waals surface area contributed by atoms with Crippen LogP contribution in [-0.4, -0.2) is 23.7 Å². The summed E-state index contributed by atoms with van der Waals surface area (Å²) in [6, 6.07) is 12.7. The first-order valence-corrected chi connectivity index (χ1v) is 7.02. The third kappa shape index (κ3) is 4.51. The molecule has 0 unspecified atom stereocenters. The molecule has 0 heterocycles. The lowest BCUT2D eigenvalue weighted by Gasteiger charge is -2.08. The Morgan fingerprint density at radius 3 is 2.83 bits per heavy atom. The van der Waals surface area contributed by atoms with Crippen LogP contribution >= 0.6 is 0 Å². The van der Waals surface area contributed by atoms with Gasteiger partial charge in [-0.15, -0.1) is 0 Å². The zero-order chi connectivity index (χ0) is 17.4. The van der Waals surface area contributed by atoms with E-state index in [0.29, 0.717) is 16.9 Å². The molecule has 0 fully saturated rings. The molecule has 0 aliphatic carbocycles. The van der Waals surface area contributed by atoms with Crippen LogP contribution in [0, 0.1) is 10.1 Å². The van der Waals surface area contributed by atoms with E-state index in [2.05, 4.69) is 17.1 Å². The van der Waals surface area contributed by atoms with Gasteiger partial charge in [0.2, 0.25) is 0 Å². The number of amides is 1. The standard InChI is InChI=1S/C17H15N3O4/c1-2-10-24-16-9-4-3-8-15(16)17(21)19-18-12-13-6-5-7-14(11-13)20(22)23/h2-9,11-12H,1,10H2,(H,19,21). The number of hydrogen-bond donors (Lipinski definition) is 1. The third-order valence-electron chi connectivity index (χ3n) is 2.95. The Labute approximate surface area is 138 Å². The van der Waals surface area contributed by atoms with Crippen molar-refractivity contribution in [3.05, 3.63) is 82.4 Å². The maximum atomic E-state index is 12.2. The summed E-state index contributed by atoms with van der Waals surface area (Å²) < 4.78 is 5.41. The van der Waals surface area contributed by atoms with Crippen LogP contribution in [0.25, 0.3) is 0 Å². The van der Waals surface area contributed by atoms with Crippen LogP contribution in [0.1, 0.15) is 15.9 Å². The van der Waals surface area contributed by atoms with Crippen LogP contribution in [0.3, 0.4) is 0 Å². The Hall–Kier alpha value is -3.48. The highest BCUT2D eigenvalue weighted by atomic mass is 16.6. The first-order valence-electron chi connectivity index (χ1n) is 7.02. The van der Waals surface area contributed by atoms with E-state index in [1.54, 1.807) is 42.5 Å². The minimum atomic E-state index is -0.497. The fraction of sp³-hybridized carbons (Fsp3) is 0.0588. The molecular formula is C17H15N3O4. The second-order valence-corrected chi connectivity index (χ2v) is 4.65. The summed E-state index contributed by atoms with van der Waals surface area (Å²) in [6.07, 6.45) is 2.91. The molecule has 2 aromatic rings. The van der Waals surface area contributed by atoms with Gasteiger partial charge in [-0.3, -0.25) is 14.9 Å². The van der Waals surface area contributed by atoms with E-state index in [-0.39, 0.29) is 12.3 Å². The number of nitro benzene ring substituents is 1. The molecule has 0 spiro atoms. The fourth-order valence-electron chi connectivity index (χ4n) is 1.87. The van der Waals surface area contributed by atoms with Crippen molar-refractivity contribution in [2.75, 3.05) is 6.61 Å². The number of carbonyl (C=O) groups excluding carboxylic acids is 1. The number of nitrogens with one attached hydrogen (secondary N) is 1. The van der Waals surface area contributed by atoms with Gasteiger partial charge in [-0.25, -0.2) is 5.43 Å². The van der Waals surface area contributed by atoms with Crippen molar-refractivity contribution in [2.24, 2.45) is 5.10 Å². The number of hydrogen-bond acceptors (Lipinski definition) is 5. The number of nitrogens with zero attached hydrogens (tertiary/aromatic N) is 2. The molecule has 0 saturated carbocycles. The summed E-state index contributed by atoms with van der Waals surface area (Å²) >= 11 is 0. The molecule has 0 atom stereocenters. The molecule has 0 aromatic heterocycles. The molecule has 2 aromatic carbocycles. The van der Waals surface area contributed by atoms with Crippen molar-refractivity contribution in [3.8, 4) is 5.75 Å². The third-order valence-corrected chi connectivity index (χ3v) is 2.95. The lowest BCUT2D eigenvalue weighted by molar-refractivity contribution is -0.384. The van der Waals surface area contributed by atoms with Crippen LogP contribution in [0.2, 0.25) is 0 Å². The van der Waals surface area contributed by atoms with Gasteiger partial charge in [-0.2, -0.15) is 5.10 Å². The Bertz CT molecular complexity index is 787. The summed E-state index contributed by atoms with van der Waals surface area (Å²) in [7, 11) is 0. The molecule has 24 heavy (non-hydrogen) atoms. The Morgan fingerprint density at radius 2 is 2.08 bits per heavy atom. The molecular weight excluding hydrogens is 310 g/mol. The molecule has 0 aliphatic heterocycles. The van der Waals surface area contributed by atoms with E-state index in [1.807, 2.05) is 0 Å². The maximum absolute atomic E-state index is 12.2. The van der Waals surface area contributed by atoms with Gasteiger partial charge in [0.15, 0.2) is 0 Å². The lowest BCUT2D eigenvalue weighted by atomic mass is 10.2. The van der Waals surface area contributed by atoms with Crippen molar-refractivity contribution in [3.63, 3.8) is 0 Å². The molecule has 0 aliphatic rings. The predicted molar refractivity (Wildman–Crippen MR) is 90.3 cm³/mol. The molecule has 0 bridgehead atoms. The number of benzene rings is 2.